The van der Waals surface area contributed by atoms with Crippen molar-refractivity contribution in [1.29, 1.82) is 0 Å². The Morgan fingerprint density at radius 1 is 1.03 bits per heavy atom. The fraction of sp³-hybridized carbons (Fsp3) is 0.292. The molecule has 7 heteroatoms. The number of aryl methyl sites for hydroxylation is 1. The molecule has 1 spiro atoms. The lowest BCUT2D eigenvalue weighted by atomic mass is 9.87. The molecule has 1 saturated heterocycles. The first-order valence-electron chi connectivity index (χ1n) is 10.6. The maximum absolute atomic E-state index is 6.53. The number of rotatable bonds is 2. The Bertz CT molecular complexity index is 1270. The summed E-state index contributed by atoms with van der Waals surface area (Å²) in [5, 5.41) is 0.631. The van der Waals surface area contributed by atoms with E-state index in [4.69, 9.17) is 21.3 Å². The number of imidazole rings is 1. The summed E-state index contributed by atoms with van der Waals surface area (Å²) in [7, 11) is 0. The van der Waals surface area contributed by atoms with E-state index in [2.05, 4.69) is 37.5 Å². The second kappa shape index (κ2) is 6.95. The van der Waals surface area contributed by atoms with Gasteiger partial charge in [0.25, 0.3) is 0 Å². The molecule has 1 fully saturated rings. The summed E-state index contributed by atoms with van der Waals surface area (Å²) >= 11 is 6.53. The van der Waals surface area contributed by atoms with Crippen LogP contribution in [0, 0.1) is 6.92 Å². The van der Waals surface area contributed by atoms with Crippen LogP contribution < -0.4 is 9.64 Å². The summed E-state index contributed by atoms with van der Waals surface area (Å²) in [4.78, 5) is 16.0. The molecule has 0 aliphatic carbocycles. The summed E-state index contributed by atoms with van der Waals surface area (Å²) in [5.74, 6) is 2.80. The molecule has 0 bridgehead atoms. The number of piperidine rings is 1. The summed E-state index contributed by atoms with van der Waals surface area (Å²) in [5.41, 5.74) is 3.89. The number of ether oxygens (including phenoxy) is 1. The van der Waals surface area contributed by atoms with Gasteiger partial charge in [0, 0.05) is 56.5 Å². The fourth-order valence-corrected chi connectivity index (χ4v) is 5.04. The van der Waals surface area contributed by atoms with Crippen molar-refractivity contribution in [3.05, 3.63) is 71.4 Å². The minimum Gasteiger partial charge on any atom is -0.487 e. The van der Waals surface area contributed by atoms with Gasteiger partial charge >= 0.3 is 0 Å². The largest absolute Gasteiger partial charge is 0.487 e. The van der Waals surface area contributed by atoms with Gasteiger partial charge in [-0.05, 0) is 24.6 Å². The number of nitrogens with zero attached hydrogens (tertiary/aromatic N) is 5. The highest BCUT2D eigenvalue weighted by atomic mass is 35.5. The van der Waals surface area contributed by atoms with Crippen molar-refractivity contribution in [3.63, 3.8) is 0 Å². The van der Waals surface area contributed by atoms with E-state index < -0.39 is 0 Å². The van der Waals surface area contributed by atoms with Crippen LogP contribution in [0.4, 0.5) is 5.82 Å². The van der Waals surface area contributed by atoms with E-state index in [1.807, 2.05) is 37.6 Å². The summed E-state index contributed by atoms with van der Waals surface area (Å²) < 4.78 is 8.47. The number of anilines is 1. The number of benzene rings is 1. The SMILES string of the molecule is Cc1nccc(-c2ncc3c(N4CCC5(CC4)Cc4ccccc4O5)nccn23)c1Cl. The summed E-state index contributed by atoms with van der Waals surface area (Å²) in [6.45, 7) is 3.70. The highest BCUT2D eigenvalue weighted by Crippen LogP contribution is 2.41. The van der Waals surface area contributed by atoms with E-state index in [0.29, 0.717) is 5.02 Å². The standard InChI is InChI=1S/C24H22ClN5O/c1-16-21(25)18(6-9-26-16)22-28-15-19-23(27-10-13-30(19)22)29-11-7-24(8-12-29)14-17-4-2-3-5-20(17)31-24/h2-6,9-10,13,15H,7-8,11-12,14H2,1H3. The molecule has 6 nitrogen and oxygen atoms in total. The van der Waals surface area contributed by atoms with Gasteiger partial charge in [0.1, 0.15) is 22.7 Å². The molecule has 0 N–H and O–H groups in total. The molecule has 1 aromatic carbocycles. The average Bonchev–Trinajstić information content (AvgIpc) is 3.37. The zero-order valence-electron chi connectivity index (χ0n) is 17.3. The third-order valence-corrected chi connectivity index (χ3v) is 7.01. The molecule has 156 valence electrons. The molecule has 3 aromatic heterocycles. The van der Waals surface area contributed by atoms with Crippen LogP contribution in [0.2, 0.25) is 5.02 Å². The van der Waals surface area contributed by atoms with Gasteiger partial charge in [0.2, 0.25) is 0 Å². The number of pyridine rings is 1. The van der Waals surface area contributed by atoms with Gasteiger partial charge in [0.05, 0.1) is 16.9 Å². The van der Waals surface area contributed by atoms with Gasteiger partial charge in [-0.15, -0.1) is 0 Å². The monoisotopic (exact) mass is 431 g/mol. The van der Waals surface area contributed by atoms with Crippen molar-refractivity contribution in [1.82, 2.24) is 19.4 Å². The fourth-order valence-electron chi connectivity index (χ4n) is 4.85. The Morgan fingerprint density at radius 3 is 2.71 bits per heavy atom. The molecule has 5 heterocycles. The van der Waals surface area contributed by atoms with Crippen LogP contribution in [0.1, 0.15) is 24.1 Å². The maximum Gasteiger partial charge on any atom is 0.154 e. The molecule has 2 aliphatic rings. The minimum atomic E-state index is -0.0846. The Morgan fingerprint density at radius 2 is 1.87 bits per heavy atom. The van der Waals surface area contributed by atoms with Gasteiger partial charge in [-0.25, -0.2) is 9.97 Å². The zero-order chi connectivity index (χ0) is 21.0. The van der Waals surface area contributed by atoms with E-state index in [-0.39, 0.29) is 5.60 Å². The van der Waals surface area contributed by atoms with Gasteiger partial charge in [-0.1, -0.05) is 29.8 Å². The number of halogens is 1. The Kier molecular flexibility index (Phi) is 4.18. The molecule has 0 unspecified atom stereocenters. The highest BCUT2D eigenvalue weighted by molar-refractivity contribution is 6.33. The molecular weight excluding hydrogens is 410 g/mol. The van der Waals surface area contributed by atoms with Gasteiger partial charge in [-0.2, -0.15) is 0 Å². The smallest absolute Gasteiger partial charge is 0.154 e. The molecule has 0 atom stereocenters. The Labute approximate surface area is 185 Å². The van der Waals surface area contributed by atoms with Crippen molar-refractivity contribution >= 4 is 22.9 Å². The number of hydrogen-bond donors (Lipinski definition) is 0. The molecular formula is C24H22ClN5O. The lowest BCUT2D eigenvalue weighted by Gasteiger charge is -2.39. The maximum atomic E-state index is 6.53. The van der Waals surface area contributed by atoms with Crippen LogP contribution in [0.3, 0.4) is 0 Å². The Balaban J connectivity index is 1.29. The first-order chi connectivity index (χ1) is 15.1. The quantitative estimate of drug-likeness (QED) is 0.459. The van der Waals surface area contributed by atoms with Crippen LogP contribution in [0.5, 0.6) is 5.75 Å². The van der Waals surface area contributed by atoms with Gasteiger partial charge in [-0.3, -0.25) is 9.38 Å². The van der Waals surface area contributed by atoms with E-state index >= 15 is 0 Å². The molecule has 0 saturated carbocycles. The normalized spacial score (nSPS) is 17.2. The highest BCUT2D eigenvalue weighted by Gasteiger charge is 2.42. The van der Waals surface area contributed by atoms with Crippen molar-refractivity contribution < 1.29 is 4.74 Å². The number of hydrogen-bond acceptors (Lipinski definition) is 5. The van der Waals surface area contributed by atoms with E-state index in [1.165, 1.54) is 5.56 Å². The molecule has 2 aliphatic heterocycles. The van der Waals surface area contributed by atoms with Crippen LogP contribution in [0.15, 0.2) is 55.1 Å². The van der Waals surface area contributed by atoms with Crippen LogP contribution in [0.25, 0.3) is 16.9 Å². The van der Waals surface area contributed by atoms with E-state index in [0.717, 1.165) is 66.5 Å². The van der Waals surface area contributed by atoms with Gasteiger partial charge < -0.3 is 9.64 Å². The van der Waals surface area contributed by atoms with Crippen molar-refractivity contribution in [2.75, 3.05) is 18.0 Å². The lowest BCUT2D eigenvalue weighted by molar-refractivity contribution is 0.0667. The third kappa shape index (κ3) is 2.97. The molecule has 0 amide bonds. The van der Waals surface area contributed by atoms with E-state index in [1.54, 1.807) is 6.20 Å². The molecule has 0 radical (unpaired) electrons. The molecule has 6 rings (SSSR count). The zero-order valence-corrected chi connectivity index (χ0v) is 18.0. The van der Waals surface area contributed by atoms with E-state index in [9.17, 15) is 0 Å². The minimum absolute atomic E-state index is 0.0846. The molecule has 4 aromatic rings. The molecule has 31 heavy (non-hydrogen) atoms. The first-order valence-corrected chi connectivity index (χ1v) is 11.0. The predicted octanol–water partition coefficient (Wildman–Crippen LogP) is 4.73. The predicted molar refractivity (Wildman–Crippen MR) is 121 cm³/mol. The van der Waals surface area contributed by atoms with Crippen molar-refractivity contribution in [3.8, 4) is 17.1 Å². The lowest BCUT2D eigenvalue weighted by Crippen LogP contribution is -2.47. The van der Waals surface area contributed by atoms with Crippen LogP contribution >= 0.6 is 11.6 Å². The summed E-state index contributed by atoms with van der Waals surface area (Å²) in [6, 6.07) is 10.3. The first kappa shape index (κ1) is 18.6. The van der Waals surface area contributed by atoms with Crippen molar-refractivity contribution in [2.45, 2.75) is 31.8 Å². The average molecular weight is 432 g/mol. The summed E-state index contributed by atoms with van der Waals surface area (Å²) in [6.07, 6.45) is 10.4. The number of para-hydroxylation sites is 1. The number of fused-ring (bicyclic) bond motifs is 2. The van der Waals surface area contributed by atoms with Crippen LogP contribution in [-0.4, -0.2) is 38.0 Å². The second-order valence-corrected chi connectivity index (χ2v) is 8.78. The number of aromatic nitrogens is 4. The Hall–Kier alpha value is -3.12. The topological polar surface area (TPSA) is 55.5 Å². The second-order valence-electron chi connectivity index (χ2n) is 8.40. The van der Waals surface area contributed by atoms with Crippen LogP contribution in [-0.2, 0) is 6.42 Å². The van der Waals surface area contributed by atoms with Crippen molar-refractivity contribution in [2.24, 2.45) is 0 Å². The van der Waals surface area contributed by atoms with Gasteiger partial charge in [0.15, 0.2) is 5.82 Å². The third-order valence-electron chi connectivity index (χ3n) is 6.53.